The number of halogens is 1. The average Bonchev–Trinajstić information content (AvgIpc) is 3.23. The van der Waals surface area contributed by atoms with E-state index in [9.17, 15) is 9.90 Å². The van der Waals surface area contributed by atoms with Crippen LogP contribution in [0.4, 0.5) is 5.82 Å². The lowest BCUT2D eigenvalue weighted by Crippen LogP contribution is -2.53. The topological polar surface area (TPSA) is 133 Å². The predicted molar refractivity (Wildman–Crippen MR) is 119 cm³/mol. The number of benzene rings is 1. The van der Waals surface area contributed by atoms with Crippen molar-refractivity contribution in [2.75, 3.05) is 24.6 Å². The number of hydrogen-bond acceptors (Lipinski definition) is 7. The first-order valence-electron chi connectivity index (χ1n) is 10.3. The maximum Gasteiger partial charge on any atom is 0.222 e. The van der Waals surface area contributed by atoms with E-state index in [4.69, 9.17) is 17.3 Å². The lowest BCUT2D eigenvalue weighted by molar-refractivity contribution is -0.123. The van der Waals surface area contributed by atoms with Gasteiger partial charge >= 0.3 is 0 Å². The van der Waals surface area contributed by atoms with Gasteiger partial charge < -0.3 is 21.1 Å². The summed E-state index contributed by atoms with van der Waals surface area (Å²) in [5.74, 6) is 0.708. The number of nitrogens with one attached hydrogen (secondary N) is 2. The molecule has 3 aromatic rings. The average molecular weight is 444 g/mol. The standard InChI is InChI=1S/C21H26ClN7O2/c22-15-3-1-14(2-4-15)17(5-10-30)27-18(31)11-21(23)6-8-29(9-7-21)20-16-12-26-28-19(16)24-13-25-20/h1-4,12-13,17,30H,5-11,23H2,(H,27,31)(H,24,25,26,28)/t17-/m0/s1. The molecule has 1 fully saturated rings. The highest BCUT2D eigenvalue weighted by molar-refractivity contribution is 6.30. The molecule has 5 N–H and O–H groups in total. The zero-order valence-electron chi connectivity index (χ0n) is 17.1. The molecule has 3 heterocycles. The number of H-pyrrole nitrogens is 1. The third-order valence-electron chi connectivity index (χ3n) is 5.82. The number of amides is 1. The van der Waals surface area contributed by atoms with Gasteiger partial charge in [-0.25, -0.2) is 9.97 Å². The van der Waals surface area contributed by atoms with Gasteiger partial charge in [0.25, 0.3) is 0 Å². The summed E-state index contributed by atoms with van der Waals surface area (Å²) >= 11 is 5.96. The fourth-order valence-electron chi connectivity index (χ4n) is 4.06. The summed E-state index contributed by atoms with van der Waals surface area (Å²) in [5.41, 5.74) is 7.61. The Kier molecular flexibility index (Phi) is 6.35. The molecule has 1 aliphatic rings. The van der Waals surface area contributed by atoms with E-state index in [0.717, 1.165) is 16.8 Å². The molecule has 31 heavy (non-hydrogen) atoms. The Balaban J connectivity index is 1.37. The van der Waals surface area contributed by atoms with Gasteiger partial charge in [-0.2, -0.15) is 5.10 Å². The van der Waals surface area contributed by atoms with Gasteiger partial charge in [-0.3, -0.25) is 9.89 Å². The number of hydrogen-bond donors (Lipinski definition) is 4. The molecule has 0 aliphatic carbocycles. The molecule has 164 valence electrons. The van der Waals surface area contributed by atoms with Crippen molar-refractivity contribution in [3.63, 3.8) is 0 Å². The van der Waals surface area contributed by atoms with Crippen molar-refractivity contribution in [1.29, 1.82) is 0 Å². The van der Waals surface area contributed by atoms with Crippen LogP contribution in [0.5, 0.6) is 0 Å². The fraction of sp³-hybridized carbons (Fsp3) is 0.429. The molecule has 0 radical (unpaired) electrons. The van der Waals surface area contributed by atoms with E-state index >= 15 is 0 Å². The third kappa shape index (κ3) is 4.95. The lowest BCUT2D eigenvalue weighted by Gasteiger charge is -2.39. The van der Waals surface area contributed by atoms with Crippen molar-refractivity contribution in [2.45, 2.75) is 37.3 Å². The van der Waals surface area contributed by atoms with Crippen molar-refractivity contribution < 1.29 is 9.90 Å². The molecule has 0 bridgehead atoms. The van der Waals surface area contributed by atoms with Crippen molar-refractivity contribution in [3.8, 4) is 0 Å². The highest BCUT2D eigenvalue weighted by Crippen LogP contribution is 2.29. The highest BCUT2D eigenvalue weighted by Gasteiger charge is 2.34. The Morgan fingerprint density at radius 2 is 2.03 bits per heavy atom. The number of aliphatic hydroxyl groups excluding tert-OH is 1. The molecule has 10 heteroatoms. The van der Waals surface area contributed by atoms with E-state index < -0.39 is 5.54 Å². The lowest BCUT2D eigenvalue weighted by atomic mass is 9.85. The molecule has 2 aromatic heterocycles. The van der Waals surface area contributed by atoms with Crippen LogP contribution in [-0.4, -0.2) is 56.4 Å². The number of carbonyl (C=O) groups is 1. The minimum atomic E-state index is -0.590. The van der Waals surface area contributed by atoms with Crippen LogP contribution in [-0.2, 0) is 4.79 Å². The summed E-state index contributed by atoms with van der Waals surface area (Å²) in [4.78, 5) is 23.5. The van der Waals surface area contributed by atoms with Crippen LogP contribution in [0.25, 0.3) is 11.0 Å². The Bertz CT molecular complexity index is 1030. The Morgan fingerprint density at radius 3 is 2.74 bits per heavy atom. The van der Waals surface area contributed by atoms with Crippen molar-refractivity contribution in [1.82, 2.24) is 25.5 Å². The summed E-state index contributed by atoms with van der Waals surface area (Å²) in [6.45, 7) is 1.36. The SMILES string of the molecule is NC1(CC(=O)N[C@@H](CCO)c2ccc(Cl)cc2)CCN(c2ncnc3[nH]ncc23)CC1. The van der Waals surface area contributed by atoms with Gasteiger partial charge in [-0.05, 0) is 37.0 Å². The second kappa shape index (κ2) is 9.17. The molecule has 1 aromatic carbocycles. The minimum absolute atomic E-state index is 0.0300. The van der Waals surface area contributed by atoms with E-state index in [2.05, 4.69) is 30.4 Å². The van der Waals surface area contributed by atoms with Crippen molar-refractivity contribution >= 4 is 34.4 Å². The van der Waals surface area contributed by atoms with Crippen molar-refractivity contribution in [2.24, 2.45) is 5.73 Å². The highest BCUT2D eigenvalue weighted by atomic mass is 35.5. The summed E-state index contributed by atoms with van der Waals surface area (Å²) in [6, 6.07) is 6.99. The van der Waals surface area contributed by atoms with Gasteiger partial charge in [0.05, 0.1) is 17.6 Å². The van der Waals surface area contributed by atoms with E-state index in [0.29, 0.717) is 43.0 Å². The molecule has 0 unspecified atom stereocenters. The smallest absolute Gasteiger partial charge is 0.222 e. The van der Waals surface area contributed by atoms with E-state index in [1.54, 1.807) is 18.3 Å². The van der Waals surface area contributed by atoms with Gasteiger partial charge in [0.15, 0.2) is 5.65 Å². The summed E-state index contributed by atoms with van der Waals surface area (Å²) in [6.07, 6.45) is 5.21. The second-order valence-electron chi connectivity index (χ2n) is 8.04. The Morgan fingerprint density at radius 1 is 1.29 bits per heavy atom. The molecule has 1 amide bonds. The molecular formula is C21H26ClN7O2. The van der Waals surface area contributed by atoms with Crippen LogP contribution >= 0.6 is 11.6 Å². The Hall–Kier alpha value is -2.75. The van der Waals surface area contributed by atoms with Crippen LogP contribution in [0.1, 0.15) is 37.3 Å². The van der Waals surface area contributed by atoms with Crippen LogP contribution < -0.4 is 16.0 Å². The largest absolute Gasteiger partial charge is 0.396 e. The number of carbonyl (C=O) groups excluding carboxylic acids is 1. The van der Waals surface area contributed by atoms with E-state index in [1.165, 1.54) is 6.33 Å². The first kappa shape index (κ1) is 21.5. The summed E-state index contributed by atoms with van der Waals surface area (Å²) in [7, 11) is 0. The molecule has 1 atom stereocenters. The zero-order chi connectivity index (χ0) is 21.8. The molecule has 1 saturated heterocycles. The number of nitrogens with two attached hydrogens (primary N) is 1. The summed E-state index contributed by atoms with van der Waals surface area (Å²) in [5, 5.41) is 20.8. The number of aromatic amines is 1. The van der Waals surface area contributed by atoms with Crippen LogP contribution in [0.3, 0.4) is 0 Å². The van der Waals surface area contributed by atoms with Gasteiger partial charge in [-0.15, -0.1) is 0 Å². The van der Waals surface area contributed by atoms with E-state index in [1.807, 2.05) is 12.1 Å². The molecule has 0 saturated carbocycles. The fourth-order valence-corrected chi connectivity index (χ4v) is 4.18. The number of anilines is 1. The predicted octanol–water partition coefficient (Wildman–Crippen LogP) is 1.93. The normalized spacial score (nSPS) is 16.9. The van der Waals surface area contributed by atoms with Crippen LogP contribution in [0.15, 0.2) is 36.8 Å². The number of fused-ring (bicyclic) bond motifs is 1. The molecule has 9 nitrogen and oxygen atoms in total. The second-order valence-corrected chi connectivity index (χ2v) is 8.48. The maximum absolute atomic E-state index is 12.8. The van der Waals surface area contributed by atoms with Crippen LogP contribution in [0.2, 0.25) is 5.02 Å². The van der Waals surface area contributed by atoms with Crippen molar-refractivity contribution in [3.05, 3.63) is 47.4 Å². The maximum atomic E-state index is 12.8. The number of nitrogens with zero attached hydrogens (tertiary/aromatic N) is 4. The number of rotatable bonds is 7. The van der Waals surface area contributed by atoms with E-state index in [-0.39, 0.29) is 25.0 Å². The number of aliphatic hydroxyl groups is 1. The zero-order valence-corrected chi connectivity index (χ0v) is 17.8. The van der Waals surface area contributed by atoms with Gasteiger partial charge in [-0.1, -0.05) is 23.7 Å². The van der Waals surface area contributed by atoms with Crippen LogP contribution in [0, 0.1) is 0 Å². The molecule has 4 rings (SSSR count). The molecular weight excluding hydrogens is 418 g/mol. The first-order valence-corrected chi connectivity index (χ1v) is 10.7. The number of aromatic nitrogens is 4. The first-order chi connectivity index (χ1) is 15.0. The van der Waals surface area contributed by atoms with Gasteiger partial charge in [0.2, 0.25) is 5.91 Å². The number of piperidine rings is 1. The minimum Gasteiger partial charge on any atom is -0.396 e. The van der Waals surface area contributed by atoms with Gasteiger partial charge in [0, 0.05) is 36.7 Å². The quantitative estimate of drug-likeness (QED) is 0.438. The Labute approximate surface area is 185 Å². The molecule has 1 aliphatic heterocycles. The summed E-state index contributed by atoms with van der Waals surface area (Å²) < 4.78 is 0. The third-order valence-corrected chi connectivity index (χ3v) is 6.08. The monoisotopic (exact) mass is 443 g/mol. The molecule has 0 spiro atoms. The van der Waals surface area contributed by atoms with Gasteiger partial charge in [0.1, 0.15) is 12.1 Å².